The van der Waals surface area contributed by atoms with Crippen LogP contribution in [0.5, 0.6) is 5.75 Å². The standard InChI is InChI=1S/C15H8F11NOS/c1-27-10(29)8-5-11(13(18,19)20,14(21,22)23)28-9-3-2-6(4-7(8)9)12(16,17)15(24,25)26/h2-5H,1H3,(H,27,29). The first-order chi connectivity index (χ1) is 12.9. The van der Waals surface area contributed by atoms with E-state index in [9.17, 15) is 48.3 Å². The smallest absolute Gasteiger partial charge is 0.458 e. The summed E-state index contributed by atoms with van der Waals surface area (Å²) in [6.45, 7) is 0. The maximum atomic E-state index is 13.6. The van der Waals surface area contributed by atoms with Crippen molar-refractivity contribution in [2.24, 2.45) is 0 Å². The predicted octanol–water partition coefficient (Wildman–Crippen LogP) is 5.53. The molecule has 0 atom stereocenters. The van der Waals surface area contributed by atoms with Crippen LogP contribution >= 0.6 is 12.2 Å². The summed E-state index contributed by atoms with van der Waals surface area (Å²) in [6.07, 6.45) is -18.7. The summed E-state index contributed by atoms with van der Waals surface area (Å²) >= 11 is 4.63. The van der Waals surface area contributed by atoms with E-state index in [1.807, 2.05) is 0 Å². The number of nitrogens with one attached hydrogen (secondary N) is 1. The molecule has 2 nitrogen and oxygen atoms in total. The molecule has 0 aliphatic carbocycles. The summed E-state index contributed by atoms with van der Waals surface area (Å²) in [5, 5.41) is 2.07. The van der Waals surface area contributed by atoms with Crippen LogP contribution in [0.25, 0.3) is 5.57 Å². The van der Waals surface area contributed by atoms with Crippen molar-refractivity contribution in [2.45, 2.75) is 30.1 Å². The molecule has 0 aromatic heterocycles. The number of fused-ring (bicyclic) bond motifs is 1. The Morgan fingerprint density at radius 1 is 0.931 bits per heavy atom. The SMILES string of the molecule is CNC(=S)C1=CC(C(F)(F)F)(C(F)(F)F)Oc2ccc(C(F)(F)C(F)(F)F)cc21. The van der Waals surface area contributed by atoms with Gasteiger partial charge >= 0.3 is 30.1 Å². The molecular formula is C15H8F11NOS. The number of halogens is 11. The van der Waals surface area contributed by atoms with E-state index in [2.05, 4.69) is 22.3 Å². The molecule has 0 unspecified atom stereocenters. The third kappa shape index (κ3) is 3.62. The summed E-state index contributed by atoms with van der Waals surface area (Å²) in [5.74, 6) is -6.66. The number of hydrogen-bond acceptors (Lipinski definition) is 2. The van der Waals surface area contributed by atoms with Crippen LogP contribution in [0.4, 0.5) is 48.3 Å². The van der Waals surface area contributed by atoms with Gasteiger partial charge in [-0.25, -0.2) is 0 Å². The van der Waals surface area contributed by atoms with Crippen LogP contribution in [0.15, 0.2) is 24.3 Å². The van der Waals surface area contributed by atoms with Gasteiger partial charge in [0.05, 0.1) is 0 Å². The Kier molecular flexibility index (Phi) is 5.36. The Morgan fingerprint density at radius 2 is 1.45 bits per heavy atom. The molecule has 1 N–H and O–H groups in total. The van der Waals surface area contributed by atoms with Gasteiger partial charge in [0.25, 0.3) is 0 Å². The number of ether oxygens (including phenoxy) is 1. The highest BCUT2D eigenvalue weighted by molar-refractivity contribution is 7.81. The minimum Gasteiger partial charge on any atom is -0.464 e. The highest BCUT2D eigenvalue weighted by atomic mass is 32.1. The first-order valence-electron chi connectivity index (χ1n) is 7.26. The van der Waals surface area contributed by atoms with Crippen molar-refractivity contribution < 1.29 is 53.0 Å². The molecule has 14 heteroatoms. The molecule has 1 aromatic carbocycles. The lowest BCUT2D eigenvalue weighted by Gasteiger charge is -2.39. The third-order valence-corrected chi connectivity index (χ3v) is 4.34. The van der Waals surface area contributed by atoms with Crippen LogP contribution in [0.2, 0.25) is 0 Å². The van der Waals surface area contributed by atoms with Crippen molar-refractivity contribution in [1.82, 2.24) is 5.32 Å². The lowest BCUT2D eigenvalue weighted by Crippen LogP contribution is -2.61. The topological polar surface area (TPSA) is 21.3 Å². The van der Waals surface area contributed by atoms with Gasteiger partial charge in [-0.1, -0.05) is 12.2 Å². The van der Waals surface area contributed by atoms with Crippen LogP contribution in [0.3, 0.4) is 0 Å². The van der Waals surface area contributed by atoms with Crippen molar-refractivity contribution in [1.29, 1.82) is 0 Å². The van der Waals surface area contributed by atoms with Gasteiger partial charge in [0.15, 0.2) is 0 Å². The molecule has 0 spiro atoms. The van der Waals surface area contributed by atoms with Gasteiger partial charge in [-0.05, 0) is 24.3 Å². The van der Waals surface area contributed by atoms with E-state index < -0.39 is 63.6 Å². The molecule has 29 heavy (non-hydrogen) atoms. The number of thiocarbonyl (C=S) groups is 1. The molecule has 0 bridgehead atoms. The van der Waals surface area contributed by atoms with E-state index in [4.69, 9.17) is 0 Å². The average molecular weight is 459 g/mol. The van der Waals surface area contributed by atoms with E-state index in [0.29, 0.717) is 0 Å². The van der Waals surface area contributed by atoms with E-state index in [0.717, 1.165) is 7.05 Å². The minimum absolute atomic E-state index is 0.0230. The van der Waals surface area contributed by atoms with E-state index in [1.54, 1.807) is 0 Å². The Hall–Kier alpha value is -2.12. The highest BCUT2D eigenvalue weighted by Crippen LogP contribution is 2.53. The first-order valence-corrected chi connectivity index (χ1v) is 7.66. The van der Waals surface area contributed by atoms with Gasteiger partial charge in [-0.15, -0.1) is 0 Å². The monoisotopic (exact) mass is 459 g/mol. The zero-order chi connectivity index (χ0) is 22.6. The van der Waals surface area contributed by atoms with Gasteiger partial charge in [0, 0.05) is 23.7 Å². The molecule has 1 aliphatic heterocycles. The Balaban J connectivity index is 2.81. The second-order valence-corrected chi connectivity index (χ2v) is 6.16. The van der Waals surface area contributed by atoms with Crippen LogP contribution < -0.4 is 10.1 Å². The van der Waals surface area contributed by atoms with E-state index in [-0.39, 0.29) is 18.2 Å². The number of likely N-dealkylation sites (N-methyl/N-ethyl adjacent to an activating group) is 1. The number of benzene rings is 1. The second kappa shape index (κ2) is 6.71. The molecule has 1 aromatic rings. The molecule has 1 heterocycles. The zero-order valence-corrected chi connectivity index (χ0v) is 14.6. The Morgan fingerprint density at radius 3 is 1.86 bits per heavy atom. The van der Waals surface area contributed by atoms with Crippen LogP contribution in [-0.4, -0.2) is 36.2 Å². The lowest BCUT2D eigenvalue weighted by molar-refractivity contribution is -0.338. The molecule has 0 saturated carbocycles. The molecule has 0 amide bonds. The molecule has 0 fully saturated rings. The van der Waals surface area contributed by atoms with Gasteiger partial charge in [0.1, 0.15) is 10.7 Å². The predicted molar refractivity (Wildman–Crippen MR) is 81.5 cm³/mol. The van der Waals surface area contributed by atoms with Crippen LogP contribution in [0.1, 0.15) is 11.1 Å². The highest BCUT2D eigenvalue weighted by Gasteiger charge is 2.73. The largest absolute Gasteiger partial charge is 0.464 e. The lowest BCUT2D eigenvalue weighted by atomic mass is 9.89. The van der Waals surface area contributed by atoms with Crippen LogP contribution in [-0.2, 0) is 5.92 Å². The molecule has 2 rings (SSSR count). The number of rotatable bonds is 2. The Labute approximate surface area is 160 Å². The molecule has 1 aliphatic rings. The van der Waals surface area contributed by atoms with Gasteiger partial charge in [0.2, 0.25) is 0 Å². The fraction of sp³-hybridized carbons (Fsp3) is 0.400. The minimum atomic E-state index is -6.06. The fourth-order valence-corrected chi connectivity index (χ4v) is 2.60. The fourth-order valence-electron chi connectivity index (χ4n) is 2.43. The van der Waals surface area contributed by atoms with Crippen LogP contribution in [0, 0.1) is 0 Å². The first kappa shape index (κ1) is 23.2. The van der Waals surface area contributed by atoms with E-state index >= 15 is 0 Å². The molecule has 0 saturated heterocycles. The Bertz CT molecular complexity index is 837. The van der Waals surface area contributed by atoms with Gasteiger partial charge < -0.3 is 10.1 Å². The number of hydrogen-bond donors (Lipinski definition) is 1. The maximum Gasteiger partial charge on any atom is 0.458 e. The normalized spacial score (nSPS) is 17.2. The summed E-state index contributed by atoms with van der Waals surface area (Å²) in [4.78, 5) is -0.764. The van der Waals surface area contributed by atoms with Crippen molar-refractivity contribution in [3.63, 3.8) is 0 Å². The molecular weight excluding hydrogens is 451 g/mol. The van der Waals surface area contributed by atoms with Crippen molar-refractivity contribution in [2.75, 3.05) is 7.05 Å². The van der Waals surface area contributed by atoms with Gasteiger partial charge in [-0.2, -0.15) is 48.3 Å². The third-order valence-electron chi connectivity index (χ3n) is 3.92. The summed E-state index contributed by atoms with van der Waals surface area (Å²) in [7, 11) is 1.01. The summed E-state index contributed by atoms with van der Waals surface area (Å²) in [6, 6.07) is 0.270. The molecule has 0 radical (unpaired) electrons. The van der Waals surface area contributed by atoms with Crippen molar-refractivity contribution >= 4 is 22.8 Å². The summed E-state index contributed by atoms with van der Waals surface area (Å²) < 4.78 is 149. The molecule has 162 valence electrons. The van der Waals surface area contributed by atoms with Crippen molar-refractivity contribution in [3.05, 3.63) is 35.4 Å². The second-order valence-electron chi connectivity index (χ2n) is 5.75. The van der Waals surface area contributed by atoms with Gasteiger partial charge in [-0.3, -0.25) is 0 Å². The number of alkyl halides is 11. The maximum absolute atomic E-state index is 13.6. The zero-order valence-electron chi connectivity index (χ0n) is 13.8. The average Bonchev–Trinajstić information content (AvgIpc) is 2.56. The van der Waals surface area contributed by atoms with Crippen molar-refractivity contribution in [3.8, 4) is 5.75 Å². The summed E-state index contributed by atoms with van der Waals surface area (Å²) in [5.41, 5.74) is -8.58. The van der Waals surface area contributed by atoms with E-state index in [1.165, 1.54) is 0 Å². The quantitative estimate of drug-likeness (QED) is 0.465.